The van der Waals surface area contributed by atoms with Crippen molar-refractivity contribution in [3.05, 3.63) is 180 Å². The van der Waals surface area contributed by atoms with E-state index in [4.69, 9.17) is 0 Å². The number of rotatable bonds is 8. The van der Waals surface area contributed by atoms with Crippen LogP contribution in [0.25, 0.3) is 21.8 Å². The maximum atomic E-state index is 14.1. The van der Waals surface area contributed by atoms with Gasteiger partial charge >= 0.3 is 0 Å². The summed E-state index contributed by atoms with van der Waals surface area (Å²) in [6, 6.07) is 40.9. The normalized spacial score (nSPS) is 20.3. The van der Waals surface area contributed by atoms with Gasteiger partial charge in [0, 0.05) is 35.0 Å². The van der Waals surface area contributed by atoms with Crippen LogP contribution in [0, 0.1) is 23.7 Å². The summed E-state index contributed by atoms with van der Waals surface area (Å²) < 4.78 is 87.0. The van der Waals surface area contributed by atoms with E-state index in [1.54, 1.807) is 72.8 Å². The number of carbonyl (C=O) groups excluding carboxylic acids is 4. The van der Waals surface area contributed by atoms with E-state index in [2.05, 4.69) is 0 Å². The molecule has 2 aliphatic heterocycles. The third-order valence-electron chi connectivity index (χ3n) is 14.3. The Morgan fingerprint density at radius 3 is 1.03 bits per heavy atom. The molecule has 4 aliphatic rings. The molecule has 4 amide bonds. The lowest BCUT2D eigenvalue weighted by atomic mass is 9.79. The lowest BCUT2D eigenvalue weighted by Crippen LogP contribution is -2.31. The zero-order valence-electron chi connectivity index (χ0n) is 36.2. The fourth-order valence-corrected chi connectivity index (χ4v) is 15.5. The third kappa shape index (κ3) is 6.22. The van der Waals surface area contributed by atoms with Crippen LogP contribution in [0.2, 0.25) is 0 Å². The molecular weight excluding hydrogens is 937 g/mol. The van der Waals surface area contributed by atoms with E-state index in [9.17, 15) is 44.4 Å². The van der Waals surface area contributed by atoms with Crippen LogP contribution in [0.4, 0.5) is 11.4 Å². The average molecular weight is 975 g/mol. The van der Waals surface area contributed by atoms with Crippen LogP contribution in [0.5, 0.6) is 0 Å². The summed E-state index contributed by atoms with van der Waals surface area (Å²) in [5.41, 5.74) is 3.53. The van der Waals surface area contributed by atoms with Crippen LogP contribution in [0.3, 0.4) is 0 Å². The predicted molar refractivity (Wildman–Crippen MR) is 254 cm³/mol. The van der Waals surface area contributed by atoms with E-state index >= 15 is 0 Å². The zero-order chi connectivity index (χ0) is 47.7. The molecule has 4 atom stereocenters. The highest BCUT2D eigenvalue weighted by Crippen LogP contribution is 2.46. The number of nitrogens with zero attached hydrogens (tertiary/aromatic N) is 4. The minimum absolute atomic E-state index is 0.00535. The number of fused-ring (bicyclic) bond motifs is 8. The van der Waals surface area contributed by atoms with E-state index in [-0.39, 0.29) is 56.6 Å². The Morgan fingerprint density at radius 2 is 0.667 bits per heavy atom. The summed E-state index contributed by atoms with van der Waals surface area (Å²) >= 11 is 0. The Kier molecular flexibility index (Phi) is 9.48. The van der Waals surface area contributed by atoms with Crippen molar-refractivity contribution in [2.45, 2.75) is 45.3 Å². The number of carbonyl (C=O) groups is 4. The summed E-state index contributed by atoms with van der Waals surface area (Å²) in [7, 11) is -12.3. The lowest BCUT2D eigenvalue weighted by Gasteiger charge is -2.23. The van der Waals surface area contributed by atoms with Crippen LogP contribution >= 0.6 is 0 Å². The molecule has 69 heavy (non-hydrogen) atoms. The molecule has 4 heterocycles. The lowest BCUT2D eigenvalue weighted by molar-refractivity contribution is -0.124. The number of aromatic nitrogens is 2. The fourth-order valence-electron chi connectivity index (χ4n) is 11.0. The van der Waals surface area contributed by atoms with Gasteiger partial charge in [0.2, 0.25) is 33.5 Å². The van der Waals surface area contributed by atoms with Crippen molar-refractivity contribution in [3.8, 4) is 0 Å². The number of benzene rings is 6. The minimum Gasteiger partial charge on any atom is -0.274 e. The molecule has 0 saturated carbocycles. The first kappa shape index (κ1) is 42.9. The summed E-state index contributed by atoms with van der Waals surface area (Å²) in [5, 5.41) is 1.36. The fraction of sp³-hybridized carbons (Fsp3) is 0.154. The molecule has 0 spiro atoms. The van der Waals surface area contributed by atoms with Crippen LogP contribution in [0.1, 0.15) is 22.5 Å². The quantitative estimate of drug-likeness (QED) is 0.148. The number of amides is 4. The Labute approximate surface area is 396 Å². The SMILES string of the molecule is O=C1[C@H]2Cc3c(n(S(=O)(=O)c4ccccc4)c4ccccc34)C[C@H]2C(=O)N1c1ccc(S(=O)(=O)c2ccc(N3C(=O)[C@H]4Cc5c(n(S(=O)(=O)c6ccccc6)c6ccccc56)C[C@H]4C3=O)cc2)cc1. The number of hydrogen-bond acceptors (Lipinski definition) is 10. The molecule has 17 heteroatoms. The Bertz CT molecular complexity index is 3640. The molecule has 2 saturated heterocycles. The first-order valence-corrected chi connectivity index (χ1v) is 26.6. The maximum Gasteiger partial charge on any atom is 0.268 e. The molecule has 0 bridgehead atoms. The number of hydrogen-bond donors (Lipinski definition) is 0. The van der Waals surface area contributed by atoms with E-state index in [1.807, 2.05) is 12.1 Å². The van der Waals surface area contributed by atoms with E-state index in [0.29, 0.717) is 44.3 Å². The van der Waals surface area contributed by atoms with E-state index in [1.165, 1.54) is 80.7 Å². The molecule has 344 valence electrons. The van der Waals surface area contributed by atoms with Crippen LogP contribution in [-0.2, 0) is 74.7 Å². The van der Waals surface area contributed by atoms with Gasteiger partial charge in [0.25, 0.3) is 20.0 Å². The highest BCUT2D eigenvalue weighted by atomic mass is 32.2. The highest BCUT2D eigenvalue weighted by Gasteiger charge is 2.53. The molecule has 12 rings (SSSR count). The van der Waals surface area contributed by atoms with Gasteiger partial charge in [0.05, 0.1) is 65.7 Å². The standard InChI is InChI=1S/C52H38N4O10S3/c57-49-41-27-39-37-15-7-9-17-45(37)55(68(63,64)35-11-3-1-4-12-35)47(39)29-43(41)51(59)53(49)31-19-23-33(24-20-31)67(61,62)34-25-21-32(22-26-34)54-50(58)42-28-40-38-16-8-10-18-46(38)56(48(40)30-44(42)52(54)60)69(65,66)36-13-5-2-6-14-36/h1-26,41-44H,27-30H2/t41-,42-,43+,44+/m0/s1. The van der Waals surface area contributed by atoms with Gasteiger partial charge in [-0.15, -0.1) is 0 Å². The molecule has 6 aromatic carbocycles. The minimum atomic E-state index is -4.19. The number of sulfone groups is 1. The second-order valence-corrected chi connectivity index (χ2v) is 23.3. The molecule has 14 nitrogen and oxygen atoms in total. The van der Waals surface area contributed by atoms with Gasteiger partial charge in [0.15, 0.2) is 0 Å². The predicted octanol–water partition coefficient (Wildman–Crippen LogP) is 6.71. The van der Waals surface area contributed by atoms with Crippen LogP contribution in [-0.4, -0.2) is 56.8 Å². The van der Waals surface area contributed by atoms with Gasteiger partial charge in [-0.25, -0.2) is 33.2 Å². The van der Waals surface area contributed by atoms with Gasteiger partial charge in [0.1, 0.15) is 0 Å². The molecule has 0 radical (unpaired) electrons. The Hall–Kier alpha value is -7.47. The molecule has 2 aromatic heterocycles. The van der Waals surface area contributed by atoms with Crippen molar-refractivity contribution < 1.29 is 44.4 Å². The molecular formula is C52H38N4O10S3. The first-order chi connectivity index (χ1) is 33.2. The summed E-state index contributed by atoms with van der Waals surface area (Å²) in [4.78, 5) is 58.4. The molecule has 0 N–H and O–H groups in total. The molecule has 2 fully saturated rings. The Balaban J connectivity index is 0.786. The second-order valence-electron chi connectivity index (χ2n) is 17.8. The van der Waals surface area contributed by atoms with Crippen molar-refractivity contribution in [2.75, 3.05) is 9.80 Å². The van der Waals surface area contributed by atoms with Crippen molar-refractivity contribution in [3.63, 3.8) is 0 Å². The summed E-state index contributed by atoms with van der Waals surface area (Å²) in [6.07, 6.45) is 0.293. The van der Waals surface area contributed by atoms with E-state index in [0.717, 1.165) is 9.80 Å². The maximum absolute atomic E-state index is 14.1. The molecule has 2 aliphatic carbocycles. The van der Waals surface area contributed by atoms with Crippen molar-refractivity contribution in [1.29, 1.82) is 0 Å². The van der Waals surface area contributed by atoms with E-state index < -0.39 is 77.2 Å². The van der Waals surface area contributed by atoms with Gasteiger partial charge < -0.3 is 0 Å². The van der Waals surface area contributed by atoms with Gasteiger partial charge in [-0.1, -0.05) is 72.8 Å². The van der Waals surface area contributed by atoms with Crippen molar-refractivity contribution in [2.24, 2.45) is 23.7 Å². The van der Waals surface area contributed by atoms with Gasteiger partial charge in [-0.2, -0.15) is 0 Å². The zero-order valence-corrected chi connectivity index (χ0v) is 38.7. The van der Waals surface area contributed by atoms with Crippen LogP contribution in [0.15, 0.2) is 177 Å². The number of para-hydroxylation sites is 2. The number of anilines is 2. The highest BCUT2D eigenvalue weighted by molar-refractivity contribution is 7.91. The van der Waals surface area contributed by atoms with Crippen molar-refractivity contribution >= 4 is 86.7 Å². The Morgan fingerprint density at radius 1 is 0.348 bits per heavy atom. The smallest absolute Gasteiger partial charge is 0.268 e. The van der Waals surface area contributed by atoms with Gasteiger partial charge in [-0.05, 0) is 109 Å². The first-order valence-electron chi connectivity index (χ1n) is 22.2. The summed E-state index contributed by atoms with van der Waals surface area (Å²) in [6.45, 7) is 0. The van der Waals surface area contributed by atoms with Crippen LogP contribution < -0.4 is 9.80 Å². The molecule has 0 unspecified atom stereocenters. The molecule has 8 aromatic rings. The topological polar surface area (TPSA) is 187 Å². The monoisotopic (exact) mass is 974 g/mol. The second kappa shape index (κ2) is 15.3. The number of imide groups is 2. The summed E-state index contributed by atoms with van der Waals surface area (Å²) in [5.74, 6) is -5.17. The average Bonchev–Trinajstić information content (AvgIpc) is 4.04. The van der Waals surface area contributed by atoms with Crippen molar-refractivity contribution in [1.82, 2.24) is 7.94 Å². The third-order valence-corrected chi connectivity index (χ3v) is 19.6. The van der Waals surface area contributed by atoms with Gasteiger partial charge in [-0.3, -0.25) is 29.0 Å². The largest absolute Gasteiger partial charge is 0.274 e.